The summed E-state index contributed by atoms with van der Waals surface area (Å²) in [5, 5.41) is 3.48. The van der Waals surface area contributed by atoms with E-state index in [2.05, 4.69) is 27.9 Å². The van der Waals surface area contributed by atoms with E-state index >= 15 is 0 Å². The second kappa shape index (κ2) is 10.3. The largest absolute Gasteiger partial charge is 0.484 e. The van der Waals surface area contributed by atoms with Crippen molar-refractivity contribution in [3.63, 3.8) is 0 Å². The van der Waals surface area contributed by atoms with Crippen molar-refractivity contribution in [1.82, 2.24) is 10.2 Å². The lowest BCUT2D eigenvalue weighted by Gasteiger charge is -2.31. The Morgan fingerprint density at radius 2 is 1.76 bits per heavy atom. The number of ether oxygens (including phenoxy) is 1. The predicted octanol–water partition coefficient (Wildman–Crippen LogP) is 4.66. The minimum absolute atomic E-state index is 0.168. The Hall–Kier alpha value is -1.80. The van der Waals surface area contributed by atoms with Gasteiger partial charge in [0.05, 0.1) is 0 Å². The molecule has 0 saturated carbocycles. The Morgan fingerprint density at radius 3 is 2.34 bits per heavy atom. The summed E-state index contributed by atoms with van der Waals surface area (Å²) in [5.74, 6) is 0.0791. The molecule has 2 aromatic rings. The molecular weight excluding hydrogens is 503 g/mol. The molecular formula is C22H26ClIN2O3. The smallest absolute Gasteiger partial charge is 0.261 e. The zero-order chi connectivity index (χ0) is 21.6. The van der Waals surface area contributed by atoms with Gasteiger partial charge in [-0.25, -0.2) is 0 Å². The number of hydrogen-bond acceptors (Lipinski definition) is 3. The SMILES string of the molecule is C[C@@H](C(=O)NC(C)(C)C)N(Cc1ccccc1Cl)C(=O)COc1ccc(I)cc1. The number of nitrogens with zero attached hydrogens (tertiary/aromatic N) is 1. The highest BCUT2D eigenvalue weighted by Gasteiger charge is 2.29. The summed E-state index contributed by atoms with van der Waals surface area (Å²) in [4.78, 5) is 27.2. The fourth-order valence-corrected chi connectivity index (χ4v) is 3.18. The number of halogens is 2. The van der Waals surface area contributed by atoms with Crippen molar-refractivity contribution < 1.29 is 14.3 Å². The van der Waals surface area contributed by atoms with Gasteiger partial charge in [-0.15, -0.1) is 0 Å². The van der Waals surface area contributed by atoms with Gasteiger partial charge < -0.3 is 15.0 Å². The molecule has 0 aromatic heterocycles. The third kappa shape index (κ3) is 7.51. The van der Waals surface area contributed by atoms with Crippen molar-refractivity contribution >= 4 is 46.0 Å². The maximum Gasteiger partial charge on any atom is 0.261 e. The molecule has 156 valence electrons. The quantitative estimate of drug-likeness (QED) is 0.532. The topological polar surface area (TPSA) is 58.6 Å². The first kappa shape index (κ1) is 23.5. The third-order valence-electron chi connectivity index (χ3n) is 4.14. The van der Waals surface area contributed by atoms with Gasteiger partial charge in [0.1, 0.15) is 11.8 Å². The molecule has 0 unspecified atom stereocenters. The molecule has 2 rings (SSSR count). The Bertz CT molecular complexity index is 850. The number of rotatable bonds is 7. The summed E-state index contributed by atoms with van der Waals surface area (Å²) in [6, 6.07) is 14.0. The molecule has 2 amide bonds. The minimum Gasteiger partial charge on any atom is -0.484 e. The normalized spacial score (nSPS) is 12.2. The molecule has 29 heavy (non-hydrogen) atoms. The molecule has 0 radical (unpaired) electrons. The van der Waals surface area contributed by atoms with Crippen LogP contribution in [0.3, 0.4) is 0 Å². The van der Waals surface area contributed by atoms with Crippen LogP contribution >= 0.6 is 34.2 Å². The van der Waals surface area contributed by atoms with E-state index in [1.807, 2.05) is 63.2 Å². The summed E-state index contributed by atoms with van der Waals surface area (Å²) in [5.41, 5.74) is 0.370. The third-order valence-corrected chi connectivity index (χ3v) is 5.23. The second-order valence-corrected chi connectivity index (χ2v) is 9.42. The zero-order valence-electron chi connectivity index (χ0n) is 17.0. The van der Waals surface area contributed by atoms with Crippen LogP contribution in [-0.2, 0) is 16.1 Å². The first-order valence-electron chi connectivity index (χ1n) is 9.30. The molecule has 1 atom stereocenters. The number of hydrogen-bond donors (Lipinski definition) is 1. The summed E-state index contributed by atoms with van der Waals surface area (Å²) < 4.78 is 6.72. The van der Waals surface area contributed by atoms with E-state index in [9.17, 15) is 9.59 Å². The molecule has 2 aromatic carbocycles. The van der Waals surface area contributed by atoms with E-state index in [4.69, 9.17) is 16.3 Å². The van der Waals surface area contributed by atoms with Gasteiger partial charge in [0.25, 0.3) is 5.91 Å². The predicted molar refractivity (Wildman–Crippen MR) is 124 cm³/mol. The highest BCUT2D eigenvalue weighted by atomic mass is 127. The standard InChI is InChI=1S/C22H26ClIN2O3/c1-15(21(28)25-22(2,3)4)26(13-16-7-5-6-8-19(16)23)20(27)14-29-18-11-9-17(24)10-12-18/h5-12,15H,13-14H2,1-4H3,(H,25,28)/t15-/m0/s1. The fraction of sp³-hybridized carbons (Fsp3) is 0.364. The van der Waals surface area contributed by atoms with Gasteiger partial charge >= 0.3 is 0 Å². The zero-order valence-corrected chi connectivity index (χ0v) is 20.0. The molecule has 0 fully saturated rings. The van der Waals surface area contributed by atoms with E-state index in [0.29, 0.717) is 10.8 Å². The van der Waals surface area contributed by atoms with E-state index in [-0.39, 0.29) is 25.0 Å². The lowest BCUT2D eigenvalue weighted by Crippen LogP contribution is -2.53. The van der Waals surface area contributed by atoms with Crippen LogP contribution in [-0.4, -0.2) is 34.9 Å². The van der Waals surface area contributed by atoms with Gasteiger partial charge in [-0.05, 0) is 86.2 Å². The molecule has 5 nitrogen and oxygen atoms in total. The molecule has 0 aliphatic carbocycles. The minimum atomic E-state index is -0.682. The summed E-state index contributed by atoms with van der Waals surface area (Å²) in [6.45, 7) is 7.46. The van der Waals surface area contributed by atoms with Gasteiger partial charge in [-0.2, -0.15) is 0 Å². The lowest BCUT2D eigenvalue weighted by atomic mass is 10.1. The van der Waals surface area contributed by atoms with Crippen LogP contribution in [0.4, 0.5) is 0 Å². The number of amides is 2. The Morgan fingerprint density at radius 1 is 1.14 bits per heavy atom. The summed E-state index contributed by atoms with van der Waals surface area (Å²) in [7, 11) is 0. The van der Waals surface area contributed by atoms with Crippen LogP contribution in [0.1, 0.15) is 33.3 Å². The van der Waals surface area contributed by atoms with Crippen molar-refractivity contribution in [2.24, 2.45) is 0 Å². The van der Waals surface area contributed by atoms with E-state index in [0.717, 1.165) is 9.13 Å². The number of carbonyl (C=O) groups is 2. The second-order valence-electron chi connectivity index (χ2n) is 7.77. The van der Waals surface area contributed by atoms with Crippen LogP contribution in [0.5, 0.6) is 5.75 Å². The monoisotopic (exact) mass is 528 g/mol. The first-order chi connectivity index (χ1) is 13.6. The molecule has 0 saturated heterocycles. The molecule has 7 heteroatoms. The van der Waals surface area contributed by atoms with Crippen molar-refractivity contribution in [2.75, 3.05) is 6.61 Å². The van der Waals surface area contributed by atoms with Crippen LogP contribution in [0, 0.1) is 3.57 Å². The number of carbonyl (C=O) groups excluding carboxylic acids is 2. The molecule has 0 aliphatic rings. The van der Waals surface area contributed by atoms with Gasteiger partial charge in [-0.3, -0.25) is 9.59 Å². The highest BCUT2D eigenvalue weighted by molar-refractivity contribution is 14.1. The molecule has 0 bridgehead atoms. The molecule has 0 aliphatic heterocycles. The van der Waals surface area contributed by atoms with Crippen molar-refractivity contribution in [2.45, 2.75) is 45.8 Å². The maximum atomic E-state index is 13.0. The summed E-state index contributed by atoms with van der Waals surface area (Å²) in [6.07, 6.45) is 0. The van der Waals surface area contributed by atoms with E-state index in [1.165, 1.54) is 4.90 Å². The van der Waals surface area contributed by atoms with Crippen molar-refractivity contribution in [3.05, 3.63) is 62.7 Å². The fourth-order valence-electron chi connectivity index (χ4n) is 2.63. The molecule has 1 N–H and O–H groups in total. The average molecular weight is 529 g/mol. The Labute approximate surface area is 190 Å². The van der Waals surface area contributed by atoms with Gasteiger partial charge in [0, 0.05) is 20.7 Å². The lowest BCUT2D eigenvalue weighted by molar-refractivity contribution is -0.142. The molecule has 0 spiro atoms. The average Bonchev–Trinajstić information content (AvgIpc) is 2.65. The van der Waals surface area contributed by atoms with E-state index < -0.39 is 11.6 Å². The van der Waals surface area contributed by atoms with Gasteiger partial charge in [0.2, 0.25) is 5.91 Å². The number of nitrogens with one attached hydrogen (secondary N) is 1. The van der Waals surface area contributed by atoms with Crippen molar-refractivity contribution in [3.8, 4) is 5.75 Å². The van der Waals surface area contributed by atoms with Gasteiger partial charge in [0.15, 0.2) is 6.61 Å². The highest BCUT2D eigenvalue weighted by Crippen LogP contribution is 2.20. The van der Waals surface area contributed by atoms with E-state index in [1.54, 1.807) is 13.0 Å². The molecule has 0 heterocycles. The summed E-state index contributed by atoms with van der Waals surface area (Å²) >= 11 is 8.48. The number of benzene rings is 2. The van der Waals surface area contributed by atoms with Crippen LogP contribution in [0.25, 0.3) is 0 Å². The van der Waals surface area contributed by atoms with Crippen LogP contribution < -0.4 is 10.1 Å². The van der Waals surface area contributed by atoms with Crippen LogP contribution in [0.15, 0.2) is 48.5 Å². The van der Waals surface area contributed by atoms with Crippen LogP contribution in [0.2, 0.25) is 5.02 Å². The maximum absolute atomic E-state index is 13.0. The first-order valence-corrected chi connectivity index (χ1v) is 10.8. The Balaban J connectivity index is 2.18. The van der Waals surface area contributed by atoms with Gasteiger partial charge in [-0.1, -0.05) is 29.8 Å². The Kier molecular flexibility index (Phi) is 8.34. The van der Waals surface area contributed by atoms with Crippen molar-refractivity contribution in [1.29, 1.82) is 0 Å².